The van der Waals surface area contributed by atoms with E-state index in [-0.39, 0.29) is 5.91 Å². The average Bonchev–Trinajstić information content (AvgIpc) is 2.95. The van der Waals surface area contributed by atoms with Crippen LogP contribution in [0.2, 0.25) is 0 Å². The van der Waals surface area contributed by atoms with Gasteiger partial charge in [-0.3, -0.25) is 4.79 Å². The van der Waals surface area contributed by atoms with Crippen LogP contribution in [0.15, 0.2) is 48.5 Å². The molecule has 108 valence electrons. The summed E-state index contributed by atoms with van der Waals surface area (Å²) in [5, 5.41) is 6.43. The molecule has 1 amide bonds. The molecule has 0 saturated heterocycles. The zero-order valence-corrected chi connectivity index (χ0v) is 12.4. The van der Waals surface area contributed by atoms with Gasteiger partial charge in [-0.1, -0.05) is 30.3 Å². The van der Waals surface area contributed by atoms with Crippen molar-refractivity contribution in [3.05, 3.63) is 65.2 Å². The maximum atomic E-state index is 12.5. The topological polar surface area (TPSA) is 41.1 Å². The lowest BCUT2D eigenvalue weighted by Crippen LogP contribution is -2.40. The van der Waals surface area contributed by atoms with Gasteiger partial charge in [0.15, 0.2) is 0 Å². The van der Waals surface area contributed by atoms with E-state index in [0.717, 1.165) is 29.8 Å². The quantitative estimate of drug-likeness (QED) is 0.905. The molecule has 3 rings (SSSR count). The van der Waals surface area contributed by atoms with Crippen molar-refractivity contribution in [2.45, 2.75) is 25.8 Å². The van der Waals surface area contributed by atoms with Crippen LogP contribution in [-0.4, -0.2) is 12.5 Å². The van der Waals surface area contributed by atoms with Crippen molar-refractivity contribution in [2.75, 3.05) is 11.9 Å². The van der Waals surface area contributed by atoms with Gasteiger partial charge in [0.25, 0.3) is 5.91 Å². The molecule has 0 spiro atoms. The molecule has 0 bridgehead atoms. The molecule has 0 aliphatic carbocycles. The third kappa shape index (κ3) is 2.77. The smallest absolute Gasteiger partial charge is 0.251 e. The van der Waals surface area contributed by atoms with E-state index in [2.05, 4.69) is 10.6 Å². The van der Waals surface area contributed by atoms with E-state index in [4.69, 9.17) is 0 Å². The van der Waals surface area contributed by atoms with Crippen LogP contribution in [0.5, 0.6) is 0 Å². The Labute approximate surface area is 125 Å². The lowest BCUT2D eigenvalue weighted by molar-refractivity contribution is 0.0912. The number of rotatable bonds is 3. The number of fused-ring (bicyclic) bond motifs is 1. The molecular weight excluding hydrogens is 260 g/mol. The molecule has 1 heterocycles. The highest BCUT2D eigenvalue weighted by atomic mass is 16.1. The molecule has 3 heteroatoms. The summed E-state index contributed by atoms with van der Waals surface area (Å²) < 4.78 is 0. The van der Waals surface area contributed by atoms with E-state index in [1.165, 1.54) is 5.56 Å². The summed E-state index contributed by atoms with van der Waals surface area (Å²) in [6.07, 6.45) is 0.985. The summed E-state index contributed by atoms with van der Waals surface area (Å²) in [6, 6.07) is 15.9. The third-order valence-corrected chi connectivity index (χ3v) is 4.00. The number of carbonyl (C=O) groups is 1. The fourth-order valence-corrected chi connectivity index (χ4v) is 2.73. The molecule has 0 aromatic heterocycles. The van der Waals surface area contributed by atoms with Crippen LogP contribution in [0.3, 0.4) is 0 Å². The molecule has 2 aromatic rings. The summed E-state index contributed by atoms with van der Waals surface area (Å²) in [5.74, 6) is -0.0291. The van der Waals surface area contributed by atoms with Crippen molar-refractivity contribution in [3.8, 4) is 0 Å². The van der Waals surface area contributed by atoms with Gasteiger partial charge in [0.1, 0.15) is 0 Å². The molecule has 1 aliphatic rings. The average molecular weight is 280 g/mol. The van der Waals surface area contributed by atoms with Gasteiger partial charge in [0.05, 0.1) is 5.54 Å². The van der Waals surface area contributed by atoms with E-state index in [9.17, 15) is 4.79 Å². The van der Waals surface area contributed by atoms with Crippen LogP contribution in [0.25, 0.3) is 0 Å². The van der Waals surface area contributed by atoms with Crippen LogP contribution in [0.4, 0.5) is 5.69 Å². The highest BCUT2D eigenvalue weighted by molar-refractivity contribution is 5.95. The molecular formula is C18H20N2O. The van der Waals surface area contributed by atoms with Gasteiger partial charge in [-0.05, 0) is 49.6 Å². The second-order valence-electron chi connectivity index (χ2n) is 5.99. The van der Waals surface area contributed by atoms with Crippen LogP contribution in [-0.2, 0) is 12.0 Å². The van der Waals surface area contributed by atoms with Crippen LogP contribution in [0.1, 0.15) is 35.3 Å². The third-order valence-electron chi connectivity index (χ3n) is 4.00. The predicted octanol–water partition coefficient (Wildman–Crippen LogP) is 3.32. The minimum atomic E-state index is -0.393. The Hall–Kier alpha value is -2.29. The highest BCUT2D eigenvalue weighted by Gasteiger charge is 2.23. The number of amides is 1. The Kier molecular flexibility index (Phi) is 3.42. The summed E-state index contributed by atoms with van der Waals surface area (Å²) in [6.45, 7) is 5.00. The van der Waals surface area contributed by atoms with Crippen molar-refractivity contribution in [1.29, 1.82) is 0 Å². The first-order valence-electron chi connectivity index (χ1n) is 7.31. The highest BCUT2D eigenvalue weighted by Crippen LogP contribution is 2.24. The molecule has 2 N–H and O–H groups in total. The summed E-state index contributed by atoms with van der Waals surface area (Å²) in [5.41, 5.74) is 3.80. The standard InChI is InChI=1S/C18H20N2O/c1-18(2,15-6-4-3-5-7-15)20-17(21)14-8-9-16-13(12-14)10-11-19-16/h3-9,12,19H,10-11H2,1-2H3,(H,20,21). The molecule has 2 aromatic carbocycles. The predicted molar refractivity (Wildman–Crippen MR) is 85.6 cm³/mol. The number of nitrogens with one attached hydrogen (secondary N) is 2. The monoisotopic (exact) mass is 280 g/mol. The lowest BCUT2D eigenvalue weighted by atomic mass is 9.94. The first-order valence-corrected chi connectivity index (χ1v) is 7.31. The fourth-order valence-electron chi connectivity index (χ4n) is 2.73. The van der Waals surface area contributed by atoms with E-state index >= 15 is 0 Å². The summed E-state index contributed by atoms with van der Waals surface area (Å²) in [4.78, 5) is 12.5. The molecule has 0 unspecified atom stereocenters. The van der Waals surface area contributed by atoms with Crippen LogP contribution in [0, 0.1) is 0 Å². The van der Waals surface area contributed by atoms with Crippen molar-refractivity contribution in [3.63, 3.8) is 0 Å². The molecule has 0 saturated carbocycles. The Morgan fingerprint density at radius 1 is 1.14 bits per heavy atom. The van der Waals surface area contributed by atoms with E-state index in [1.807, 2.05) is 62.4 Å². The van der Waals surface area contributed by atoms with Gasteiger partial charge in [0, 0.05) is 17.8 Å². The number of hydrogen-bond donors (Lipinski definition) is 2. The summed E-state index contributed by atoms with van der Waals surface area (Å²) in [7, 11) is 0. The molecule has 0 fully saturated rings. The van der Waals surface area contributed by atoms with E-state index < -0.39 is 5.54 Å². The van der Waals surface area contributed by atoms with Crippen molar-refractivity contribution in [1.82, 2.24) is 5.32 Å². The number of carbonyl (C=O) groups excluding carboxylic acids is 1. The fraction of sp³-hybridized carbons (Fsp3) is 0.278. The minimum absolute atomic E-state index is 0.0291. The number of hydrogen-bond acceptors (Lipinski definition) is 2. The second-order valence-corrected chi connectivity index (χ2v) is 5.99. The molecule has 0 atom stereocenters. The first kappa shape index (κ1) is 13.7. The maximum Gasteiger partial charge on any atom is 0.251 e. The van der Waals surface area contributed by atoms with Crippen molar-refractivity contribution >= 4 is 11.6 Å². The molecule has 1 aliphatic heterocycles. The van der Waals surface area contributed by atoms with E-state index in [0.29, 0.717) is 0 Å². The number of anilines is 1. The van der Waals surface area contributed by atoms with Crippen LogP contribution < -0.4 is 10.6 Å². The van der Waals surface area contributed by atoms with E-state index in [1.54, 1.807) is 0 Å². The molecule has 0 radical (unpaired) electrons. The molecule has 21 heavy (non-hydrogen) atoms. The van der Waals surface area contributed by atoms with Crippen LogP contribution >= 0.6 is 0 Å². The normalized spacial score (nSPS) is 13.4. The Bertz CT molecular complexity index is 662. The lowest BCUT2D eigenvalue weighted by Gasteiger charge is -2.27. The van der Waals surface area contributed by atoms with Gasteiger partial charge in [-0.2, -0.15) is 0 Å². The van der Waals surface area contributed by atoms with Gasteiger partial charge >= 0.3 is 0 Å². The Morgan fingerprint density at radius 2 is 1.90 bits per heavy atom. The zero-order chi connectivity index (χ0) is 14.9. The molecule has 3 nitrogen and oxygen atoms in total. The minimum Gasteiger partial charge on any atom is -0.384 e. The second kappa shape index (κ2) is 5.24. The number of benzene rings is 2. The van der Waals surface area contributed by atoms with Gasteiger partial charge in [-0.15, -0.1) is 0 Å². The summed E-state index contributed by atoms with van der Waals surface area (Å²) >= 11 is 0. The van der Waals surface area contributed by atoms with Gasteiger partial charge in [-0.25, -0.2) is 0 Å². The largest absolute Gasteiger partial charge is 0.384 e. The van der Waals surface area contributed by atoms with Gasteiger partial charge < -0.3 is 10.6 Å². The van der Waals surface area contributed by atoms with Gasteiger partial charge in [0.2, 0.25) is 0 Å². The Balaban J connectivity index is 1.80. The SMILES string of the molecule is CC(C)(NC(=O)c1ccc2c(c1)CCN2)c1ccccc1. The van der Waals surface area contributed by atoms with Crippen molar-refractivity contribution < 1.29 is 4.79 Å². The first-order chi connectivity index (χ1) is 10.1. The van der Waals surface area contributed by atoms with Crippen molar-refractivity contribution in [2.24, 2.45) is 0 Å². The Morgan fingerprint density at radius 3 is 2.67 bits per heavy atom. The maximum absolute atomic E-state index is 12.5. The zero-order valence-electron chi connectivity index (χ0n) is 12.4.